The topological polar surface area (TPSA) is 96.5 Å². The zero-order valence-electron chi connectivity index (χ0n) is 13.2. The van der Waals surface area contributed by atoms with E-state index in [0.717, 1.165) is 0 Å². The average Bonchev–Trinajstić information content (AvgIpc) is 3.27. The van der Waals surface area contributed by atoms with Crippen LogP contribution in [0.2, 0.25) is 0 Å². The minimum Gasteiger partial charge on any atom is -0.394 e. The van der Waals surface area contributed by atoms with E-state index in [1.807, 2.05) is 0 Å². The van der Waals surface area contributed by atoms with Crippen molar-refractivity contribution < 1.29 is 19.3 Å². The minimum atomic E-state index is -0.995. The number of imidazole rings is 1. The number of aliphatic hydroxyl groups is 2. The van der Waals surface area contributed by atoms with E-state index in [-0.39, 0.29) is 32.2 Å². The maximum absolute atomic E-state index is 13.8. The van der Waals surface area contributed by atoms with Gasteiger partial charge in [0.1, 0.15) is 18.1 Å². The van der Waals surface area contributed by atoms with E-state index < -0.39 is 11.8 Å². The van der Waals surface area contributed by atoms with E-state index in [0.29, 0.717) is 36.6 Å². The van der Waals surface area contributed by atoms with Crippen LogP contribution in [0.15, 0.2) is 12.7 Å². The fourth-order valence-corrected chi connectivity index (χ4v) is 3.52. The molecule has 2 saturated heterocycles. The Hall–Kier alpha value is -1.84. The molecule has 4 rings (SSSR count). The predicted molar refractivity (Wildman–Crippen MR) is 83.4 cm³/mol. The Labute approximate surface area is 137 Å². The molecule has 3 atom stereocenters. The number of fused-ring (bicyclic) bond motifs is 1. The number of hydrogen-bond acceptors (Lipinski definition) is 7. The molecule has 2 aliphatic rings. The Morgan fingerprint density at radius 2 is 2.25 bits per heavy atom. The van der Waals surface area contributed by atoms with Crippen LogP contribution in [0.4, 0.5) is 10.2 Å². The molecule has 0 aromatic carbocycles. The van der Waals surface area contributed by atoms with Gasteiger partial charge in [-0.2, -0.15) is 0 Å². The fourth-order valence-electron chi connectivity index (χ4n) is 3.52. The predicted octanol–water partition coefficient (Wildman–Crippen LogP) is -0.113. The molecule has 0 aliphatic carbocycles. The lowest BCUT2D eigenvalue weighted by Gasteiger charge is -2.24. The summed E-state index contributed by atoms with van der Waals surface area (Å²) in [5.41, 5.74) is 0.205. The fraction of sp³-hybridized carbons (Fsp3) is 0.667. The van der Waals surface area contributed by atoms with E-state index in [4.69, 9.17) is 4.74 Å². The summed E-state index contributed by atoms with van der Waals surface area (Å²) >= 11 is 0. The van der Waals surface area contributed by atoms with Crippen molar-refractivity contribution in [3.8, 4) is 0 Å². The second-order valence-electron chi connectivity index (χ2n) is 6.59. The molecule has 2 fully saturated rings. The SMILES string of the molecule is OC[C@@H]1C[C@H](F)CN1c1ncnc2c1ncn2CC1(O)CCOC1. The number of halogens is 1. The lowest BCUT2D eigenvalue weighted by atomic mass is 10.0. The van der Waals surface area contributed by atoms with Crippen LogP contribution in [0.3, 0.4) is 0 Å². The van der Waals surface area contributed by atoms with Crippen LogP contribution < -0.4 is 4.90 Å². The Balaban J connectivity index is 1.69. The summed E-state index contributed by atoms with van der Waals surface area (Å²) in [7, 11) is 0. The molecule has 0 radical (unpaired) electrons. The third-order valence-corrected chi connectivity index (χ3v) is 4.78. The van der Waals surface area contributed by atoms with Crippen molar-refractivity contribution in [2.75, 3.05) is 31.3 Å². The molecule has 24 heavy (non-hydrogen) atoms. The van der Waals surface area contributed by atoms with Crippen molar-refractivity contribution in [3.05, 3.63) is 12.7 Å². The number of aliphatic hydroxyl groups excluding tert-OH is 1. The zero-order valence-corrected chi connectivity index (χ0v) is 13.2. The number of hydrogen-bond donors (Lipinski definition) is 2. The first-order valence-electron chi connectivity index (χ1n) is 8.07. The molecule has 2 aromatic rings. The molecule has 130 valence electrons. The Bertz CT molecular complexity index is 733. The van der Waals surface area contributed by atoms with Gasteiger partial charge in [-0.3, -0.25) is 0 Å². The molecular weight excluding hydrogens is 317 g/mol. The molecular formula is C15H20FN5O3. The minimum absolute atomic E-state index is 0.135. The maximum Gasteiger partial charge on any atom is 0.165 e. The summed E-state index contributed by atoms with van der Waals surface area (Å²) in [5.74, 6) is 0.521. The van der Waals surface area contributed by atoms with Crippen molar-refractivity contribution in [1.29, 1.82) is 0 Å². The van der Waals surface area contributed by atoms with Crippen molar-refractivity contribution in [2.24, 2.45) is 0 Å². The maximum atomic E-state index is 13.8. The quantitative estimate of drug-likeness (QED) is 0.803. The first kappa shape index (κ1) is 15.7. The van der Waals surface area contributed by atoms with Crippen molar-refractivity contribution in [3.63, 3.8) is 0 Å². The molecule has 9 heteroatoms. The van der Waals surface area contributed by atoms with Crippen LogP contribution in [0.5, 0.6) is 0 Å². The second-order valence-corrected chi connectivity index (χ2v) is 6.59. The van der Waals surface area contributed by atoms with Gasteiger partial charge in [0.05, 0.1) is 38.7 Å². The molecule has 0 spiro atoms. The summed E-state index contributed by atoms with van der Waals surface area (Å²) in [5, 5.41) is 20.0. The van der Waals surface area contributed by atoms with Gasteiger partial charge in [-0.15, -0.1) is 0 Å². The van der Waals surface area contributed by atoms with Crippen molar-refractivity contribution in [1.82, 2.24) is 19.5 Å². The lowest BCUT2D eigenvalue weighted by Crippen LogP contribution is -2.34. The smallest absolute Gasteiger partial charge is 0.165 e. The molecule has 1 unspecified atom stereocenters. The Morgan fingerprint density at radius 1 is 1.38 bits per heavy atom. The van der Waals surface area contributed by atoms with Gasteiger partial charge in [0.15, 0.2) is 17.0 Å². The van der Waals surface area contributed by atoms with Crippen LogP contribution in [0, 0.1) is 0 Å². The van der Waals surface area contributed by atoms with Gasteiger partial charge in [-0.05, 0) is 0 Å². The molecule has 8 nitrogen and oxygen atoms in total. The van der Waals surface area contributed by atoms with E-state index in [2.05, 4.69) is 15.0 Å². The van der Waals surface area contributed by atoms with Gasteiger partial charge in [0, 0.05) is 19.4 Å². The van der Waals surface area contributed by atoms with E-state index in [1.165, 1.54) is 6.33 Å². The summed E-state index contributed by atoms with van der Waals surface area (Å²) in [6.07, 6.45) is 2.86. The molecule has 0 amide bonds. The molecule has 2 aromatic heterocycles. The summed E-state index contributed by atoms with van der Waals surface area (Å²) in [6.45, 7) is 1.20. The lowest BCUT2D eigenvalue weighted by molar-refractivity contribution is 0.0126. The van der Waals surface area contributed by atoms with Gasteiger partial charge in [-0.25, -0.2) is 19.3 Å². The first-order chi connectivity index (χ1) is 11.6. The number of anilines is 1. The summed E-state index contributed by atoms with van der Waals surface area (Å²) in [4.78, 5) is 14.6. The van der Waals surface area contributed by atoms with E-state index >= 15 is 0 Å². The standard InChI is InChI=1S/C15H20FN5O3/c16-10-3-11(5-22)21(4-10)14-12-13(17-8-18-14)20(9-19-12)6-15(23)1-2-24-7-15/h8-11,22-23H,1-7H2/t10-,11-,15?/m0/s1. The molecule has 2 N–H and O–H groups in total. The van der Waals surface area contributed by atoms with Gasteiger partial charge >= 0.3 is 0 Å². The van der Waals surface area contributed by atoms with Gasteiger partial charge in [0.2, 0.25) is 0 Å². The van der Waals surface area contributed by atoms with Crippen molar-refractivity contribution in [2.45, 2.75) is 37.2 Å². The summed E-state index contributed by atoms with van der Waals surface area (Å²) < 4.78 is 20.8. The molecule has 4 heterocycles. The highest BCUT2D eigenvalue weighted by atomic mass is 19.1. The number of nitrogens with zero attached hydrogens (tertiary/aromatic N) is 5. The summed E-state index contributed by atoms with van der Waals surface area (Å²) in [6, 6.07) is -0.310. The first-order valence-corrected chi connectivity index (χ1v) is 8.07. The van der Waals surface area contributed by atoms with Gasteiger partial charge in [-0.1, -0.05) is 0 Å². The van der Waals surface area contributed by atoms with Crippen LogP contribution >= 0.6 is 0 Å². The Kier molecular flexibility index (Phi) is 3.86. The van der Waals surface area contributed by atoms with Crippen LogP contribution in [-0.4, -0.2) is 73.9 Å². The third kappa shape index (κ3) is 2.62. The van der Waals surface area contributed by atoms with Gasteiger partial charge in [0.25, 0.3) is 0 Å². The van der Waals surface area contributed by atoms with Gasteiger partial charge < -0.3 is 24.4 Å². The zero-order chi connectivity index (χ0) is 16.7. The Morgan fingerprint density at radius 3 is 3.00 bits per heavy atom. The number of alkyl halides is 1. The highest BCUT2D eigenvalue weighted by Gasteiger charge is 2.36. The van der Waals surface area contributed by atoms with Crippen LogP contribution in [0.25, 0.3) is 11.2 Å². The van der Waals surface area contributed by atoms with Crippen LogP contribution in [0.1, 0.15) is 12.8 Å². The normalized spacial score (nSPS) is 30.5. The number of ether oxygens (including phenoxy) is 1. The number of rotatable bonds is 4. The highest BCUT2D eigenvalue weighted by molar-refractivity contribution is 5.83. The van der Waals surface area contributed by atoms with Crippen molar-refractivity contribution >= 4 is 17.0 Å². The van der Waals surface area contributed by atoms with E-state index in [9.17, 15) is 14.6 Å². The van der Waals surface area contributed by atoms with Crippen LogP contribution in [-0.2, 0) is 11.3 Å². The molecule has 0 saturated carbocycles. The number of aromatic nitrogens is 4. The third-order valence-electron chi connectivity index (χ3n) is 4.78. The van der Waals surface area contributed by atoms with E-state index in [1.54, 1.807) is 15.8 Å². The largest absolute Gasteiger partial charge is 0.394 e. The molecule has 0 bridgehead atoms. The average molecular weight is 337 g/mol. The monoisotopic (exact) mass is 337 g/mol. The molecule has 2 aliphatic heterocycles. The highest BCUT2D eigenvalue weighted by Crippen LogP contribution is 2.30. The second kappa shape index (κ2) is 5.91.